The average molecular weight is 330 g/mol. The van der Waals surface area contributed by atoms with Crippen LogP contribution in [0.3, 0.4) is 0 Å². The van der Waals surface area contributed by atoms with E-state index in [-0.39, 0.29) is 6.09 Å². The van der Waals surface area contributed by atoms with Gasteiger partial charge in [-0.25, -0.2) is 4.79 Å². The van der Waals surface area contributed by atoms with Gasteiger partial charge in [0.25, 0.3) is 0 Å². The fraction of sp³-hybridized carbons (Fsp3) is 0.650. The number of rotatable bonds is 3. The van der Waals surface area contributed by atoms with E-state index in [0.717, 1.165) is 24.6 Å². The summed E-state index contributed by atoms with van der Waals surface area (Å²) in [5, 5.41) is 3.59. The number of hydrogen-bond donors (Lipinski definition) is 1. The minimum absolute atomic E-state index is 0.246. The Kier molecular flexibility index (Phi) is 5.02. The third-order valence-electron chi connectivity index (χ3n) is 4.91. The largest absolute Gasteiger partial charge is 0.443 e. The van der Waals surface area contributed by atoms with E-state index >= 15 is 0 Å². The van der Waals surface area contributed by atoms with Crippen molar-refractivity contribution in [3.63, 3.8) is 0 Å². The number of carbonyl (C=O) groups is 1. The lowest BCUT2D eigenvalue weighted by Crippen LogP contribution is -2.35. The third kappa shape index (κ3) is 4.22. The summed E-state index contributed by atoms with van der Waals surface area (Å²) in [5.41, 5.74) is 2.94. The molecule has 1 aliphatic heterocycles. The van der Waals surface area contributed by atoms with Gasteiger partial charge in [-0.2, -0.15) is 0 Å². The van der Waals surface area contributed by atoms with E-state index in [1.807, 2.05) is 20.8 Å². The smallest absolute Gasteiger partial charge is 0.414 e. The van der Waals surface area contributed by atoms with Crippen LogP contribution in [0.15, 0.2) is 18.2 Å². The Morgan fingerprint density at radius 2 is 2.00 bits per heavy atom. The predicted molar refractivity (Wildman–Crippen MR) is 98.8 cm³/mol. The van der Waals surface area contributed by atoms with Crippen molar-refractivity contribution in [2.45, 2.75) is 64.9 Å². The van der Waals surface area contributed by atoms with Crippen LogP contribution in [0, 0.1) is 5.92 Å². The number of benzene rings is 1. The second-order valence-electron chi connectivity index (χ2n) is 8.11. The maximum absolute atomic E-state index is 12.3. The van der Waals surface area contributed by atoms with E-state index in [1.165, 1.54) is 43.4 Å². The van der Waals surface area contributed by atoms with Crippen LogP contribution < -0.4 is 10.2 Å². The van der Waals surface area contributed by atoms with Gasteiger partial charge in [-0.05, 0) is 69.7 Å². The number of carbonyl (C=O) groups excluding carboxylic acids is 1. The molecule has 4 heteroatoms. The first-order chi connectivity index (χ1) is 11.4. The van der Waals surface area contributed by atoms with E-state index in [0.29, 0.717) is 6.54 Å². The number of ether oxygens (including phenoxy) is 1. The highest BCUT2D eigenvalue weighted by molar-refractivity contribution is 5.91. The Morgan fingerprint density at radius 1 is 1.25 bits per heavy atom. The molecule has 4 nitrogen and oxygen atoms in total. The molecular formula is C20H30N2O2. The van der Waals surface area contributed by atoms with Gasteiger partial charge in [0.05, 0.1) is 5.69 Å². The minimum atomic E-state index is -0.457. The van der Waals surface area contributed by atoms with E-state index in [2.05, 4.69) is 23.5 Å². The highest BCUT2D eigenvalue weighted by Gasteiger charge is 2.29. The molecule has 0 radical (unpaired) electrons. The Bertz CT molecular complexity index is 586. The molecule has 1 N–H and O–H groups in total. The molecule has 3 rings (SSSR count). The van der Waals surface area contributed by atoms with Crippen LogP contribution in [0.25, 0.3) is 0 Å². The van der Waals surface area contributed by atoms with Crippen LogP contribution >= 0.6 is 0 Å². The minimum Gasteiger partial charge on any atom is -0.443 e. The third-order valence-corrected chi connectivity index (χ3v) is 4.91. The number of anilines is 2. The van der Waals surface area contributed by atoms with Crippen molar-refractivity contribution < 1.29 is 9.53 Å². The maximum atomic E-state index is 12.3. The molecule has 1 aromatic carbocycles. The summed E-state index contributed by atoms with van der Waals surface area (Å²) in [5.74, 6) is 0.810. The summed E-state index contributed by atoms with van der Waals surface area (Å²) in [6, 6.07) is 6.34. The number of fused-ring (bicyclic) bond motifs is 1. The second-order valence-corrected chi connectivity index (χ2v) is 8.11. The zero-order valence-corrected chi connectivity index (χ0v) is 15.2. The molecule has 2 aliphatic rings. The zero-order valence-electron chi connectivity index (χ0n) is 15.2. The fourth-order valence-electron chi connectivity index (χ4n) is 3.67. The van der Waals surface area contributed by atoms with Crippen LogP contribution in [0.4, 0.5) is 16.2 Å². The lowest BCUT2D eigenvalue weighted by Gasteiger charge is -2.25. The predicted octanol–water partition coefficient (Wildman–Crippen LogP) is 4.98. The van der Waals surface area contributed by atoms with Crippen molar-refractivity contribution in [2.24, 2.45) is 5.92 Å². The Labute approximate surface area is 145 Å². The van der Waals surface area contributed by atoms with Crippen molar-refractivity contribution in [3.05, 3.63) is 23.8 Å². The summed E-state index contributed by atoms with van der Waals surface area (Å²) >= 11 is 0. The first-order valence-electron chi connectivity index (χ1n) is 9.30. The summed E-state index contributed by atoms with van der Waals surface area (Å²) in [7, 11) is 0. The molecule has 0 atom stereocenters. The van der Waals surface area contributed by atoms with Crippen molar-refractivity contribution in [2.75, 3.05) is 23.3 Å². The van der Waals surface area contributed by atoms with Crippen molar-refractivity contribution >= 4 is 17.5 Å². The van der Waals surface area contributed by atoms with Crippen molar-refractivity contribution in [3.8, 4) is 0 Å². The average Bonchev–Trinajstić information content (AvgIpc) is 2.95. The molecule has 1 aliphatic carbocycles. The molecule has 0 saturated heterocycles. The van der Waals surface area contributed by atoms with E-state index in [1.54, 1.807) is 4.90 Å². The van der Waals surface area contributed by atoms with Crippen LogP contribution in [0.5, 0.6) is 0 Å². The molecule has 0 bridgehead atoms. The second kappa shape index (κ2) is 7.04. The standard InChI is InChI=1S/C20H30N2O2/c1-20(2,3)24-19(23)22-12-11-16-13-17(9-10-18(16)22)21-14-15-7-5-4-6-8-15/h9-10,13,15,21H,4-8,11-12,14H2,1-3H3. The Morgan fingerprint density at radius 3 is 2.71 bits per heavy atom. The topological polar surface area (TPSA) is 41.6 Å². The summed E-state index contributed by atoms with van der Waals surface area (Å²) < 4.78 is 5.51. The maximum Gasteiger partial charge on any atom is 0.414 e. The van der Waals surface area contributed by atoms with Gasteiger partial charge in [-0.15, -0.1) is 0 Å². The molecule has 0 spiro atoms. The van der Waals surface area contributed by atoms with E-state index in [9.17, 15) is 4.79 Å². The molecule has 1 amide bonds. The number of nitrogens with one attached hydrogen (secondary N) is 1. The Hall–Kier alpha value is -1.71. The lowest BCUT2D eigenvalue weighted by atomic mass is 9.89. The lowest BCUT2D eigenvalue weighted by molar-refractivity contribution is 0.0584. The van der Waals surface area contributed by atoms with E-state index < -0.39 is 5.60 Å². The number of amides is 1. The fourth-order valence-corrected chi connectivity index (χ4v) is 3.67. The summed E-state index contributed by atoms with van der Waals surface area (Å²) in [6.07, 6.45) is 7.50. The van der Waals surface area contributed by atoms with Gasteiger partial charge in [-0.1, -0.05) is 19.3 Å². The van der Waals surface area contributed by atoms with Gasteiger partial charge in [0.2, 0.25) is 0 Å². The van der Waals surface area contributed by atoms with Crippen molar-refractivity contribution in [1.82, 2.24) is 0 Å². The normalized spacial score (nSPS) is 18.4. The van der Waals surface area contributed by atoms with Gasteiger partial charge in [0.1, 0.15) is 5.60 Å². The zero-order chi connectivity index (χ0) is 17.2. The molecule has 1 aromatic rings. The van der Waals surface area contributed by atoms with Crippen LogP contribution in [-0.4, -0.2) is 24.8 Å². The molecule has 1 fully saturated rings. The van der Waals surface area contributed by atoms with Gasteiger partial charge in [0.15, 0.2) is 0 Å². The first-order valence-corrected chi connectivity index (χ1v) is 9.30. The van der Waals surface area contributed by atoms with Gasteiger partial charge >= 0.3 is 6.09 Å². The van der Waals surface area contributed by atoms with Gasteiger partial charge in [0, 0.05) is 18.8 Å². The molecule has 0 unspecified atom stereocenters. The molecular weight excluding hydrogens is 300 g/mol. The molecule has 132 valence electrons. The highest BCUT2D eigenvalue weighted by Crippen LogP contribution is 2.32. The van der Waals surface area contributed by atoms with Gasteiger partial charge < -0.3 is 10.1 Å². The Balaban J connectivity index is 1.61. The quantitative estimate of drug-likeness (QED) is 0.850. The van der Waals surface area contributed by atoms with Crippen LogP contribution in [-0.2, 0) is 11.2 Å². The summed E-state index contributed by atoms with van der Waals surface area (Å²) in [4.78, 5) is 14.1. The SMILES string of the molecule is CC(C)(C)OC(=O)N1CCc2cc(NCC3CCCCC3)ccc21. The van der Waals surface area contributed by atoms with Crippen LogP contribution in [0.1, 0.15) is 58.4 Å². The summed E-state index contributed by atoms with van der Waals surface area (Å²) in [6.45, 7) is 7.48. The molecule has 1 saturated carbocycles. The highest BCUT2D eigenvalue weighted by atomic mass is 16.6. The molecule has 1 heterocycles. The van der Waals surface area contributed by atoms with Crippen molar-refractivity contribution in [1.29, 1.82) is 0 Å². The molecule has 0 aromatic heterocycles. The first kappa shape index (κ1) is 17.1. The van der Waals surface area contributed by atoms with Gasteiger partial charge in [-0.3, -0.25) is 4.90 Å². The number of nitrogens with zero attached hydrogens (tertiary/aromatic N) is 1. The monoisotopic (exact) mass is 330 g/mol. The number of hydrogen-bond acceptors (Lipinski definition) is 3. The van der Waals surface area contributed by atoms with Crippen LogP contribution in [0.2, 0.25) is 0 Å². The molecule has 24 heavy (non-hydrogen) atoms. The van der Waals surface area contributed by atoms with E-state index in [4.69, 9.17) is 4.74 Å².